The lowest BCUT2D eigenvalue weighted by Gasteiger charge is -2.12. The molecule has 7 heteroatoms. The molecular weight excluding hydrogens is 268 g/mol. The molecule has 6 nitrogen and oxygen atoms in total. The van der Waals surface area contributed by atoms with Gasteiger partial charge in [0.25, 0.3) is 0 Å². The van der Waals surface area contributed by atoms with Crippen LogP contribution in [0.1, 0.15) is 12.5 Å². The standard InChI is InChI=1S/C12H16N2O4S/c1-8(18-2)7-13-19(16,17)10-3-4-11-9(5-10)6-12(15)14-11/h3-5,8,13H,6-7H2,1-2H3,(H,14,15). The Morgan fingerprint density at radius 3 is 2.89 bits per heavy atom. The Balaban J connectivity index is 2.18. The number of benzene rings is 1. The second kappa shape index (κ2) is 5.28. The summed E-state index contributed by atoms with van der Waals surface area (Å²) in [6, 6.07) is 4.60. The zero-order valence-corrected chi connectivity index (χ0v) is 11.6. The molecule has 0 aromatic heterocycles. The van der Waals surface area contributed by atoms with Gasteiger partial charge in [0.05, 0.1) is 17.4 Å². The van der Waals surface area contributed by atoms with Crippen molar-refractivity contribution in [3.63, 3.8) is 0 Å². The molecule has 1 amide bonds. The number of hydrogen-bond acceptors (Lipinski definition) is 4. The predicted molar refractivity (Wildman–Crippen MR) is 70.4 cm³/mol. The average molecular weight is 284 g/mol. The van der Waals surface area contributed by atoms with Crippen LogP contribution in [0.25, 0.3) is 0 Å². The number of amides is 1. The highest BCUT2D eigenvalue weighted by Gasteiger charge is 2.21. The highest BCUT2D eigenvalue weighted by atomic mass is 32.2. The first-order valence-electron chi connectivity index (χ1n) is 5.87. The van der Waals surface area contributed by atoms with E-state index in [4.69, 9.17) is 4.74 Å². The number of methoxy groups -OCH3 is 1. The minimum Gasteiger partial charge on any atom is -0.380 e. The smallest absolute Gasteiger partial charge is 0.240 e. The van der Waals surface area contributed by atoms with Crippen LogP contribution in [0.3, 0.4) is 0 Å². The van der Waals surface area contributed by atoms with Crippen LogP contribution in [0.4, 0.5) is 5.69 Å². The van der Waals surface area contributed by atoms with Gasteiger partial charge in [-0.2, -0.15) is 0 Å². The summed E-state index contributed by atoms with van der Waals surface area (Å²) in [6.07, 6.45) is 0.0140. The lowest BCUT2D eigenvalue weighted by atomic mass is 10.2. The largest absolute Gasteiger partial charge is 0.380 e. The quantitative estimate of drug-likeness (QED) is 0.824. The summed E-state index contributed by atoms with van der Waals surface area (Å²) in [5.74, 6) is -0.120. The third-order valence-corrected chi connectivity index (χ3v) is 4.40. The van der Waals surface area contributed by atoms with Gasteiger partial charge in [-0.05, 0) is 30.7 Å². The molecule has 1 aromatic rings. The number of ether oxygens (including phenoxy) is 1. The van der Waals surface area contributed by atoms with Gasteiger partial charge in [-0.25, -0.2) is 13.1 Å². The van der Waals surface area contributed by atoms with Crippen molar-refractivity contribution in [3.05, 3.63) is 23.8 Å². The molecule has 1 atom stereocenters. The van der Waals surface area contributed by atoms with E-state index in [0.717, 1.165) is 0 Å². The fourth-order valence-electron chi connectivity index (χ4n) is 1.77. The minimum atomic E-state index is -3.57. The van der Waals surface area contributed by atoms with E-state index in [0.29, 0.717) is 11.3 Å². The third-order valence-electron chi connectivity index (χ3n) is 2.98. The molecule has 19 heavy (non-hydrogen) atoms. The van der Waals surface area contributed by atoms with E-state index in [-0.39, 0.29) is 29.9 Å². The van der Waals surface area contributed by atoms with Crippen molar-refractivity contribution < 1.29 is 17.9 Å². The van der Waals surface area contributed by atoms with Gasteiger partial charge in [0.1, 0.15) is 0 Å². The van der Waals surface area contributed by atoms with Crippen molar-refractivity contribution in [2.45, 2.75) is 24.3 Å². The molecule has 1 aliphatic rings. The SMILES string of the molecule is COC(C)CNS(=O)(=O)c1ccc2c(c1)CC(=O)N2. The highest BCUT2D eigenvalue weighted by Crippen LogP contribution is 2.25. The number of fused-ring (bicyclic) bond motifs is 1. The molecule has 0 fully saturated rings. The van der Waals surface area contributed by atoms with Crippen LogP contribution in [-0.2, 0) is 26.0 Å². The molecule has 0 radical (unpaired) electrons. The van der Waals surface area contributed by atoms with E-state index in [2.05, 4.69) is 10.0 Å². The predicted octanol–water partition coefficient (Wildman–Crippen LogP) is 0.494. The van der Waals surface area contributed by atoms with Crippen LogP contribution in [0, 0.1) is 0 Å². The van der Waals surface area contributed by atoms with Crippen LogP contribution < -0.4 is 10.0 Å². The van der Waals surface area contributed by atoms with Crippen molar-refractivity contribution in [1.82, 2.24) is 4.72 Å². The van der Waals surface area contributed by atoms with E-state index in [1.165, 1.54) is 19.2 Å². The summed E-state index contributed by atoms with van der Waals surface area (Å²) in [7, 11) is -2.05. The lowest BCUT2D eigenvalue weighted by Crippen LogP contribution is -2.31. The summed E-state index contributed by atoms with van der Waals surface area (Å²) < 4.78 is 31.6. The molecule has 0 saturated carbocycles. The fraction of sp³-hybridized carbons (Fsp3) is 0.417. The summed E-state index contributed by atoms with van der Waals surface area (Å²) in [4.78, 5) is 11.4. The second-order valence-electron chi connectivity index (χ2n) is 4.44. The van der Waals surface area contributed by atoms with Gasteiger partial charge in [-0.15, -0.1) is 0 Å². The van der Waals surface area contributed by atoms with Crippen molar-refractivity contribution in [1.29, 1.82) is 0 Å². The first-order chi connectivity index (χ1) is 8.92. The van der Waals surface area contributed by atoms with Crippen molar-refractivity contribution >= 4 is 21.6 Å². The number of rotatable bonds is 5. The maximum absolute atomic E-state index is 12.1. The van der Waals surface area contributed by atoms with Gasteiger partial charge in [0, 0.05) is 19.3 Å². The Morgan fingerprint density at radius 1 is 1.47 bits per heavy atom. The zero-order valence-electron chi connectivity index (χ0n) is 10.8. The van der Waals surface area contributed by atoms with Gasteiger partial charge in [0.2, 0.25) is 15.9 Å². The molecule has 1 aliphatic heterocycles. The number of sulfonamides is 1. The Kier molecular flexibility index (Phi) is 3.88. The molecule has 1 heterocycles. The van der Waals surface area contributed by atoms with Gasteiger partial charge in [-0.3, -0.25) is 4.79 Å². The lowest BCUT2D eigenvalue weighted by molar-refractivity contribution is -0.115. The molecule has 2 N–H and O–H groups in total. The number of hydrogen-bond donors (Lipinski definition) is 2. The number of carbonyl (C=O) groups excluding carboxylic acids is 1. The van der Waals surface area contributed by atoms with E-state index >= 15 is 0 Å². The van der Waals surface area contributed by atoms with Gasteiger partial charge in [0.15, 0.2) is 0 Å². The van der Waals surface area contributed by atoms with Gasteiger partial charge >= 0.3 is 0 Å². The van der Waals surface area contributed by atoms with Crippen molar-refractivity contribution in [2.24, 2.45) is 0 Å². The zero-order chi connectivity index (χ0) is 14.0. The third kappa shape index (κ3) is 3.12. The summed E-state index contributed by atoms with van der Waals surface area (Å²) in [6.45, 7) is 1.97. The normalized spacial score (nSPS) is 16.0. The average Bonchev–Trinajstić information content (AvgIpc) is 2.74. The summed E-state index contributed by atoms with van der Waals surface area (Å²) >= 11 is 0. The molecule has 0 bridgehead atoms. The molecular formula is C12H16N2O4S. The Hall–Kier alpha value is -1.44. The molecule has 1 unspecified atom stereocenters. The second-order valence-corrected chi connectivity index (χ2v) is 6.21. The topological polar surface area (TPSA) is 84.5 Å². The molecule has 104 valence electrons. The van der Waals surface area contributed by atoms with Crippen LogP contribution in [0.2, 0.25) is 0 Å². The Morgan fingerprint density at radius 2 is 2.21 bits per heavy atom. The minimum absolute atomic E-state index is 0.120. The first kappa shape index (κ1) is 14.0. The van der Waals surface area contributed by atoms with E-state index < -0.39 is 10.0 Å². The van der Waals surface area contributed by atoms with E-state index in [1.54, 1.807) is 13.0 Å². The van der Waals surface area contributed by atoms with Crippen molar-refractivity contribution in [2.75, 3.05) is 19.0 Å². The highest BCUT2D eigenvalue weighted by molar-refractivity contribution is 7.89. The molecule has 1 aromatic carbocycles. The summed E-state index contributed by atoms with van der Waals surface area (Å²) in [5.41, 5.74) is 1.38. The number of carbonyl (C=O) groups is 1. The molecule has 0 aliphatic carbocycles. The number of anilines is 1. The van der Waals surface area contributed by atoms with E-state index in [9.17, 15) is 13.2 Å². The maximum Gasteiger partial charge on any atom is 0.240 e. The van der Waals surface area contributed by atoms with E-state index in [1.807, 2.05) is 0 Å². The van der Waals surface area contributed by atoms with Crippen LogP contribution >= 0.6 is 0 Å². The molecule has 0 saturated heterocycles. The summed E-state index contributed by atoms with van der Waals surface area (Å²) in [5, 5.41) is 2.66. The van der Waals surface area contributed by atoms with Crippen LogP contribution in [-0.4, -0.2) is 34.1 Å². The number of nitrogens with one attached hydrogen (secondary N) is 2. The van der Waals surface area contributed by atoms with Crippen LogP contribution in [0.5, 0.6) is 0 Å². The van der Waals surface area contributed by atoms with Gasteiger partial charge < -0.3 is 10.1 Å². The molecule has 0 spiro atoms. The van der Waals surface area contributed by atoms with Gasteiger partial charge in [-0.1, -0.05) is 0 Å². The Labute approximate surface area is 112 Å². The van der Waals surface area contributed by atoms with Crippen LogP contribution in [0.15, 0.2) is 23.1 Å². The first-order valence-corrected chi connectivity index (χ1v) is 7.36. The fourth-order valence-corrected chi connectivity index (χ4v) is 2.93. The monoisotopic (exact) mass is 284 g/mol. The Bertz CT molecular complexity index is 598. The van der Waals surface area contributed by atoms with Crippen molar-refractivity contribution in [3.8, 4) is 0 Å². The maximum atomic E-state index is 12.1. The molecule has 2 rings (SSSR count).